The summed E-state index contributed by atoms with van der Waals surface area (Å²) in [7, 11) is 0. The van der Waals surface area contributed by atoms with E-state index in [1.165, 1.54) is 49.7 Å². The SMILES string of the molecule is Cl.c1cc2cn[nH]c2cc1CN(CC1CCCN1)C1CC1. The van der Waals surface area contributed by atoms with Gasteiger partial charge < -0.3 is 5.32 Å². The third-order valence-corrected chi connectivity index (χ3v) is 4.57. The Kier molecular flexibility index (Phi) is 4.48. The second-order valence-corrected chi connectivity index (χ2v) is 6.25. The van der Waals surface area contributed by atoms with Crippen LogP contribution in [0.25, 0.3) is 10.9 Å². The van der Waals surface area contributed by atoms with Gasteiger partial charge in [0, 0.05) is 30.6 Å². The largest absolute Gasteiger partial charge is 0.313 e. The van der Waals surface area contributed by atoms with E-state index in [2.05, 4.69) is 38.6 Å². The van der Waals surface area contributed by atoms with E-state index in [0.717, 1.165) is 18.1 Å². The van der Waals surface area contributed by atoms with Crippen LogP contribution in [-0.4, -0.2) is 40.3 Å². The highest BCUT2D eigenvalue weighted by Crippen LogP contribution is 2.29. The molecule has 2 N–H and O–H groups in total. The molecule has 1 aliphatic heterocycles. The number of nitrogens with one attached hydrogen (secondary N) is 2. The van der Waals surface area contributed by atoms with Crippen molar-refractivity contribution in [1.82, 2.24) is 20.4 Å². The fourth-order valence-corrected chi connectivity index (χ4v) is 3.30. The molecule has 21 heavy (non-hydrogen) atoms. The van der Waals surface area contributed by atoms with Crippen molar-refractivity contribution in [3.05, 3.63) is 30.0 Å². The minimum atomic E-state index is 0. The zero-order valence-electron chi connectivity index (χ0n) is 12.2. The molecule has 2 aromatic rings. The van der Waals surface area contributed by atoms with Crippen molar-refractivity contribution in [3.63, 3.8) is 0 Å². The molecule has 1 aromatic carbocycles. The summed E-state index contributed by atoms with van der Waals surface area (Å²) in [6, 6.07) is 8.18. The summed E-state index contributed by atoms with van der Waals surface area (Å²) in [6.07, 6.45) is 7.31. The average Bonchev–Trinajstić information content (AvgIpc) is 2.99. The molecular weight excluding hydrogens is 284 g/mol. The minimum absolute atomic E-state index is 0. The van der Waals surface area contributed by atoms with Crippen LogP contribution in [0.15, 0.2) is 24.4 Å². The molecule has 2 fully saturated rings. The molecule has 5 heteroatoms. The van der Waals surface area contributed by atoms with E-state index in [9.17, 15) is 0 Å². The van der Waals surface area contributed by atoms with Crippen LogP contribution in [0.3, 0.4) is 0 Å². The van der Waals surface area contributed by atoms with Gasteiger partial charge in [0.1, 0.15) is 0 Å². The van der Waals surface area contributed by atoms with E-state index in [-0.39, 0.29) is 12.4 Å². The van der Waals surface area contributed by atoms with Crippen molar-refractivity contribution < 1.29 is 0 Å². The molecule has 1 saturated carbocycles. The Morgan fingerprint density at radius 3 is 2.90 bits per heavy atom. The summed E-state index contributed by atoms with van der Waals surface area (Å²) in [4.78, 5) is 2.67. The van der Waals surface area contributed by atoms with Gasteiger partial charge >= 0.3 is 0 Å². The van der Waals surface area contributed by atoms with Crippen molar-refractivity contribution in [1.29, 1.82) is 0 Å². The fraction of sp³-hybridized carbons (Fsp3) is 0.562. The quantitative estimate of drug-likeness (QED) is 0.892. The number of hydrogen-bond donors (Lipinski definition) is 2. The number of aromatic nitrogens is 2. The van der Waals surface area contributed by atoms with E-state index in [1.807, 2.05) is 6.20 Å². The molecule has 1 atom stereocenters. The Balaban J connectivity index is 0.00000132. The molecule has 114 valence electrons. The third-order valence-electron chi connectivity index (χ3n) is 4.57. The fourth-order valence-electron chi connectivity index (χ4n) is 3.30. The number of hydrogen-bond acceptors (Lipinski definition) is 3. The van der Waals surface area contributed by atoms with Crippen LogP contribution in [0, 0.1) is 0 Å². The molecule has 1 saturated heterocycles. The molecule has 4 nitrogen and oxygen atoms in total. The number of rotatable bonds is 5. The molecule has 1 aromatic heterocycles. The molecular formula is C16H23ClN4. The highest BCUT2D eigenvalue weighted by molar-refractivity contribution is 5.85. The first kappa shape index (κ1) is 14.8. The van der Waals surface area contributed by atoms with Gasteiger partial charge in [-0.05, 0) is 43.9 Å². The van der Waals surface area contributed by atoms with Crippen molar-refractivity contribution in [2.45, 2.75) is 44.3 Å². The summed E-state index contributed by atoms with van der Waals surface area (Å²) in [5, 5.41) is 12.0. The van der Waals surface area contributed by atoms with Gasteiger partial charge in [0.25, 0.3) is 0 Å². The van der Waals surface area contributed by atoms with Gasteiger partial charge in [-0.1, -0.05) is 12.1 Å². The normalized spacial score (nSPS) is 21.9. The summed E-state index contributed by atoms with van der Waals surface area (Å²) in [6.45, 7) is 3.47. The topological polar surface area (TPSA) is 44.0 Å². The number of aromatic amines is 1. The molecule has 2 heterocycles. The summed E-state index contributed by atoms with van der Waals surface area (Å²) in [5.41, 5.74) is 2.55. The van der Waals surface area contributed by atoms with Gasteiger partial charge in [-0.25, -0.2) is 0 Å². The lowest BCUT2D eigenvalue weighted by molar-refractivity contribution is 0.231. The Hall–Kier alpha value is -1.10. The van der Waals surface area contributed by atoms with Crippen LogP contribution in [0.4, 0.5) is 0 Å². The minimum Gasteiger partial charge on any atom is -0.313 e. The van der Waals surface area contributed by atoms with Crippen LogP contribution in [-0.2, 0) is 6.54 Å². The summed E-state index contributed by atoms with van der Waals surface area (Å²) < 4.78 is 0. The van der Waals surface area contributed by atoms with E-state index < -0.39 is 0 Å². The number of halogens is 1. The van der Waals surface area contributed by atoms with Gasteiger partial charge in [-0.15, -0.1) is 12.4 Å². The van der Waals surface area contributed by atoms with Crippen LogP contribution >= 0.6 is 12.4 Å². The maximum Gasteiger partial charge on any atom is 0.0653 e. The van der Waals surface area contributed by atoms with Gasteiger partial charge in [0.15, 0.2) is 0 Å². The first-order valence-corrected chi connectivity index (χ1v) is 7.78. The first-order valence-electron chi connectivity index (χ1n) is 7.78. The van der Waals surface area contributed by atoms with Crippen LogP contribution in [0.1, 0.15) is 31.2 Å². The molecule has 4 rings (SSSR count). The van der Waals surface area contributed by atoms with Gasteiger partial charge in [0.05, 0.1) is 11.7 Å². The second-order valence-electron chi connectivity index (χ2n) is 6.25. The lowest BCUT2D eigenvalue weighted by Crippen LogP contribution is -2.38. The van der Waals surface area contributed by atoms with Crippen LogP contribution in [0.5, 0.6) is 0 Å². The Morgan fingerprint density at radius 2 is 2.14 bits per heavy atom. The van der Waals surface area contributed by atoms with Crippen molar-refractivity contribution >= 4 is 23.3 Å². The van der Waals surface area contributed by atoms with E-state index in [0.29, 0.717) is 6.04 Å². The van der Waals surface area contributed by atoms with Crippen LogP contribution < -0.4 is 5.32 Å². The Labute approximate surface area is 131 Å². The lowest BCUT2D eigenvalue weighted by atomic mass is 10.1. The van der Waals surface area contributed by atoms with E-state index in [1.54, 1.807) is 0 Å². The van der Waals surface area contributed by atoms with Crippen LogP contribution in [0.2, 0.25) is 0 Å². The predicted octanol–water partition coefficient (Wildman–Crippen LogP) is 2.70. The third kappa shape index (κ3) is 3.39. The van der Waals surface area contributed by atoms with Gasteiger partial charge in [-0.3, -0.25) is 10.00 Å². The summed E-state index contributed by atoms with van der Waals surface area (Å²) >= 11 is 0. The maximum absolute atomic E-state index is 4.10. The lowest BCUT2D eigenvalue weighted by Gasteiger charge is -2.25. The number of benzene rings is 1. The monoisotopic (exact) mass is 306 g/mol. The van der Waals surface area contributed by atoms with Gasteiger partial charge in [0.2, 0.25) is 0 Å². The van der Waals surface area contributed by atoms with Crippen molar-refractivity contribution in [2.75, 3.05) is 13.1 Å². The molecule has 0 amide bonds. The number of H-pyrrole nitrogens is 1. The summed E-state index contributed by atoms with van der Waals surface area (Å²) in [5.74, 6) is 0. The Morgan fingerprint density at radius 1 is 1.24 bits per heavy atom. The molecule has 1 unspecified atom stereocenters. The number of fused-ring (bicyclic) bond motifs is 1. The maximum atomic E-state index is 4.10. The zero-order valence-corrected chi connectivity index (χ0v) is 13.0. The van der Waals surface area contributed by atoms with Gasteiger partial charge in [-0.2, -0.15) is 5.10 Å². The molecule has 0 spiro atoms. The molecule has 0 bridgehead atoms. The Bertz CT molecular complexity index is 587. The smallest absolute Gasteiger partial charge is 0.0653 e. The molecule has 1 aliphatic carbocycles. The highest BCUT2D eigenvalue weighted by Gasteiger charge is 2.31. The van der Waals surface area contributed by atoms with Crippen molar-refractivity contribution in [2.24, 2.45) is 0 Å². The van der Waals surface area contributed by atoms with E-state index in [4.69, 9.17) is 0 Å². The second kappa shape index (κ2) is 6.34. The molecule has 2 aliphatic rings. The number of nitrogens with zero attached hydrogens (tertiary/aromatic N) is 2. The highest BCUT2D eigenvalue weighted by atomic mass is 35.5. The zero-order chi connectivity index (χ0) is 13.4. The van der Waals surface area contributed by atoms with Crippen molar-refractivity contribution in [3.8, 4) is 0 Å². The first-order chi connectivity index (χ1) is 9.88. The standard InChI is InChI=1S/C16H22N4.ClH/c1-2-14(17-7-1)11-20(15-5-6-15)10-12-3-4-13-9-18-19-16(13)8-12;/h3-4,8-9,14-15,17H,1-2,5-7,10-11H2,(H,18,19);1H. The predicted molar refractivity (Wildman–Crippen MR) is 87.8 cm³/mol. The molecule has 0 radical (unpaired) electrons. The van der Waals surface area contributed by atoms with E-state index >= 15 is 0 Å². The average molecular weight is 307 g/mol.